The molecule has 4 nitrogen and oxygen atoms in total. The first kappa shape index (κ1) is 10.6. The summed E-state index contributed by atoms with van der Waals surface area (Å²) in [6.07, 6.45) is 0. The third kappa shape index (κ3) is 2.19. The highest BCUT2D eigenvalue weighted by molar-refractivity contribution is 9.10. The SMILES string of the molecule is OCc1nc(-c2ccc(Cl)c(Br)c2)n[nH]1. The van der Waals surface area contributed by atoms with E-state index < -0.39 is 0 Å². The molecule has 1 aromatic heterocycles. The van der Waals surface area contributed by atoms with Crippen LogP contribution in [0.2, 0.25) is 5.02 Å². The molecule has 0 aliphatic carbocycles. The average molecular weight is 289 g/mol. The molecule has 15 heavy (non-hydrogen) atoms. The number of halogens is 2. The van der Waals surface area contributed by atoms with Crippen molar-refractivity contribution in [1.82, 2.24) is 15.2 Å². The fraction of sp³-hybridized carbons (Fsp3) is 0.111. The molecule has 2 N–H and O–H groups in total. The molecule has 2 aromatic rings. The largest absolute Gasteiger partial charge is 0.388 e. The Bertz CT molecular complexity index is 486. The number of hydrogen-bond acceptors (Lipinski definition) is 3. The summed E-state index contributed by atoms with van der Waals surface area (Å²) >= 11 is 9.19. The minimum atomic E-state index is -0.151. The van der Waals surface area contributed by atoms with E-state index in [0.717, 1.165) is 10.0 Å². The minimum Gasteiger partial charge on any atom is -0.388 e. The van der Waals surface area contributed by atoms with Crippen LogP contribution in [0.5, 0.6) is 0 Å². The van der Waals surface area contributed by atoms with Gasteiger partial charge in [0, 0.05) is 10.0 Å². The molecule has 0 aliphatic rings. The first-order valence-corrected chi connectivity index (χ1v) is 5.35. The molecule has 0 spiro atoms. The Labute approximate surface area is 99.4 Å². The van der Waals surface area contributed by atoms with E-state index in [2.05, 4.69) is 31.1 Å². The highest BCUT2D eigenvalue weighted by atomic mass is 79.9. The van der Waals surface area contributed by atoms with Gasteiger partial charge in [-0.2, -0.15) is 5.10 Å². The van der Waals surface area contributed by atoms with E-state index in [4.69, 9.17) is 16.7 Å². The quantitative estimate of drug-likeness (QED) is 0.892. The van der Waals surface area contributed by atoms with Crippen molar-refractivity contribution in [3.63, 3.8) is 0 Å². The second-order valence-electron chi connectivity index (χ2n) is 2.89. The summed E-state index contributed by atoms with van der Waals surface area (Å²) < 4.78 is 0.789. The van der Waals surface area contributed by atoms with Crippen LogP contribution < -0.4 is 0 Å². The Morgan fingerprint density at radius 2 is 2.27 bits per heavy atom. The van der Waals surface area contributed by atoms with Crippen LogP contribution in [0.25, 0.3) is 11.4 Å². The van der Waals surface area contributed by atoms with E-state index in [1.807, 2.05) is 12.1 Å². The van der Waals surface area contributed by atoms with Crippen molar-refractivity contribution in [1.29, 1.82) is 0 Å². The average Bonchev–Trinajstić information content (AvgIpc) is 2.70. The summed E-state index contributed by atoms with van der Waals surface area (Å²) in [5.41, 5.74) is 0.835. The van der Waals surface area contributed by atoms with E-state index in [0.29, 0.717) is 16.7 Å². The molecule has 0 saturated heterocycles. The molecule has 0 fully saturated rings. The molecular formula is C9H7BrClN3O. The number of nitrogens with zero attached hydrogens (tertiary/aromatic N) is 2. The lowest BCUT2D eigenvalue weighted by molar-refractivity contribution is 0.272. The van der Waals surface area contributed by atoms with Crippen molar-refractivity contribution in [3.05, 3.63) is 33.5 Å². The Kier molecular flexibility index (Phi) is 3.04. The van der Waals surface area contributed by atoms with Crippen molar-refractivity contribution >= 4 is 27.5 Å². The van der Waals surface area contributed by atoms with Gasteiger partial charge < -0.3 is 5.11 Å². The zero-order valence-electron chi connectivity index (χ0n) is 7.54. The normalized spacial score (nSPS) is 10.6. The van der Waals surface area contributed by atoms with Gasteiger partial charge in [0.2, 0.25) is 0 Å². The summed E-state index contributed by atoms with van der Waals surface area (Å²) in [6, 6.07) is 5.40. The second-order valence-corrected chi connectivity index (χ2v) is 4.15. The maximum absolute atomic E-state index is 8.83. The zero-order chi connectivity index (χ0) is 10.8. The number of hydrogen-bond donors (Lipinski definition) is 2. The predicted molar refractivity (Wildman–Crippen MR) is 60.5 cm³/mol. The van der Waals surface area contributed by atoms with E-state index >= 15 is 0 Å². The first-order chi connectivity index (χ1) is 7.20. The highest BCUT2D eigenvalue weighted by Gasteiger charge is 2.06. The summed E-state index contributed by atoms with van der Waals surface area (Å²) in [5, 5.41) is 16.1. The van der Waals surface area contributed by atoms with Gasteiger partial charge in [0.05, 0.1) is 5.02 Å². The van der Waals surface area contributed by atoms with E-state index in [9.17, 15) is 0 Å². The van der Waals surface area contributed by atoms with Gasteiger partial charge in [-0.15, -0.1) is 0 Å². The topological polar surface area (TPSA) is 61.8 Å². The fourth-order valence-electron chi connectivity index (χ4n) is 1.13. The minimum absolute atomic E-state index is 0.151. The molecule has 1 aromatic carbocycles. The molecule has 0 amide bonds. The molecule has 0 atom stereocenters. The second kappa shape index (κ2) is 4.30. The number of nitrogens with one attached hydrogen (secondary N) is 1. The maximum Gasteiger partial charge on any atom is 0.181 e. The van der Waals surface area contributed by atoms with Crippen LogP contribution >= 0.6 is 27.5 Å². The van der Waals surface area contributed by atoms with Crippen molar-refractivity contribution < 1.29 is 5.11 Å². The summed E-state index contributed by atoms with van der Waals surface area (Å²) in [4.78, 5) is 4.09. The molecule has 0 unspecified atom stereocenters. The summed E-state index contributed by atoms with van der Waals surface area (Å²) in [5.74, 6) is 0.979. The van der Waals surface area contributed by atoms with Crippen LogP contribution in [0.4, 0.5) is 0 Å². The van der Waals surface area contributed by atoms with E-state index in [1.165, 1.54) is 0 Å². The van der Waals surface area contributed by atoms with Crippen LogP contribution in [-0.2, 0) is 6.61 Å². The summed E-state index contributed by atoms with van der Waals surface area (Å²) in [7, 11) is 0. The monoisotopic (exact) mass is 287 g/mol. The van der Waals surface area contributed by atoms with Crippen molar-refractivity contribution in [3.8, 4) is 11.4 Å². The van der Waals surface area contributed by atoms with Crippen LogP contribution in [0.3, 0.4) is 0 Å². The number of benzene rings is 1. The van der Waals surface area contributed by atoms with Crippen LogP contribution in [0.15, 0.2) is 22.7 Å². The molecule has 0 radical (unpaired) electrons. The Morgan fingerprint density at radius 3 is 2.87 bits per heavy atom. The van der Waals surface area contributed by atoms with E-state index in [-0.39, 0.29) is 6.61 Å². The third-order valence-electron chi connectivity index (χ3n) is 1.86. The van der Waals surface area contributed by atoms with Gasteiger partial charge in [-0.25, -0.2) is 4.98 Å². The van der Waals surface area contributed by atoms with Crippen LogP contribution in [-0.4, -0.2) is 20.3 Å². The molecule has 2 rings (SSSR count). The Balaban J connectivity index is 2.40. The molecule has 78 valence electrons. The number of aromatic amines is 1. The summed E-state index contributed by atoms with van der Waals surface area (Å²) in [6.45, 7) is -0.151. The van der Waals surface area contributed by atoms with Crippen molar-refractivity contribution in [2.75, 3.05) is 0 Å². The molecule has 0 bridgehead atoms. The van der Waals surface area contributed by atoms with Gasteiger partial charge in [-0.1, -0.05) is 11.6 Å². The Morgan fingerprint density at radius 1 is 1.47 bits per heavy atom. The van der Waals surface area contributed by atoms with Gasteiger partial charge >= 0.3 is 0 Å². The van der Waals surface area contributed by atoms with Crippen molar-refractivity contribution in [2.45, 2.75) is 6.61 Å². The van der Waals surface area contributed by atoms with Gasteiger partial charge in [-0.3, -0.25) is 5.10 Å². The number of aliphatic hydroxyl groups is 1. The molecule has 0 saturated carbocycles. The maximum atomic E-state index is 8.83. The van der Waals surface area contributed by atoms with Crippen LogP contribution in [0.1, 0.15) is 5.82 Å². The number of aromatic nitrogens is 3. The smallest absolute Gasteiger partial charge is 0.181 e. The fourth-order valence-corrected chi connectivity index (χ4v) is 1.63. The molecule has 0 aliphatic heterocycles. The van der Waals surface area contributed by atoms with Gasteiger partial charge in [0.1, 0.15) is 6.61 Å². The zero-order valence-corrected chi connectivity index (χ0v) is 9.88. The van der Waals surface area contributed by atoms with Gasteiger partial charge in [-0.05, 0) is 34.1 Å². The molecule has 6 heteroatoms. The van der Waals surface area contributed by atoms with Crippen LogP contribution in [0, 0.1) is 0 Å². The highest BCUT2D eigenvalue weighted by Crippen LogP contribution is 2.27. The number of H-pyrrole nitrogens is 1. The van der Waals surface area contributed by atoms with E-state index in [1.54, 1.807) is 6.07 Å². The molecule has 1 heterocycles. The predicted octanol–water partition coefficient (Wildman–Crippen LogP) is 2.38. The standard InChI is InChI=1S/C9H7BrClN3O/c10-6-3-5(1-2-7(6)11)9-12-8(4-15)13-14-9/h1-3,15H,4H2,(H,12,13,14). The van der Waals surface area contributed by atoms with Crippen molar-refractivity contribution in [2.24, 2.45) is 0 Å². The lowest BCUT2D eigenvalue weighted by Crippen LogP contribution is -1.85. The van der Waals surface area contributed by atoms with Gasteiger partial charge in [0.25, 0.3) is 0 Å². The van der Waals surface area contributed by atoms with Gasteiger partial charge in [0.15, 0.2) is 11.6 Å². The first-order valence-electron chi connectivity index (χ1n) is 4.18. The number of aliphatic hydroxyl groups excluding tert-OH is 1. The lowest BCUT2D eigenvalue weighted by Gasteiger charge is -1.98. The molecular weight excluding hydrogens is 281 g/mol. The number of rotatable bonds is 2. The lowest BCUT2D eigenvalue weighted by atomic mass is 10.2. The third-order valence-corrected chi connectivity index (χ3v) is 3.07. The Hall–Kier alpha value is -0.910.